The van der Waals surface area contributed by atoms with Gasteiger partial charge in [0.1, 0.15) is 6.04 Å². The maximum atomic E-state index is 12.5. The fraction of sp³-hybridized carbons (Fsp3) is 0.333. The summed E-state index contributed by atoms with van der Waals surface area (Å²) in [6.45, 7) is 4.05. The number of carbonyl (C=O) groups excluding carboxylic acids is 1. The molecule has 0 radical (unpaired) electrons. The predicted molar refractivity (Wildman–Crippen MR) is 113 cm³/mol. The van der Waals surface area contributed by atoms with Crippen molar-refractivity contribution in [1.82, 2.24) is 9.97 Å². The molecule has 7 nitrogen and oxygen atoms in total. The number of H-pyrrole nitrogens is 2. The average Bonchev–Trinajstić information content (AvgIpc) is 3.08. The van der Waals surface area contributed by atoms with Crippen LogP contribution in [0.5, 0.6) is 0 Å². The van der Waals surface area contributed by atoms with Gasteiger partial charge in [-0.15, -0.1) is 0 Å². The van der Waals surface area contributed by atoms with Crippen molar-refractivity contribution < 1.29 is 4.79 Å². The predicted octanol–water partition coefficient (Wildman–Crippen LogP) is 3.29. The number of nitrogens with zero attached hydrogens (tertiary/aromatic N) is 1. The molecule has 1 aliphatic rings. The third-order valence-corrected chi connectivity index (χ3v) is 5.15. The number of piperidine rings is 1. The van der Waals surface area contributed by atoms with E-state index < -0.39 is 6.04 Å². The standard InChI is InChI=1S/C21H25N5O2/c1-14(20(27)23-16-7-10-18-19(13-16)25-21(28)24-18)22-15-5-8-17(9-6-15)26-11-3-2-4-12-26/h5-10,13-14,22H,2-4,11-12H2,1H3,(H,23,27)(H2,24,25,28)/t14-/m1/s1. The number of imidazole rings is 1. The fourth-order valence-corrected chi connectivity index (χ4v) is 3.60. The Morgan fingerprint density at radius 2 is 1.64 bits per heavy atom. The lowest BCUT2D eigenvalue weighted by atomic mass is 10.1. The smallest absolute Gasteiger partial charge is 0.323 e. The number of benzene rings is 2. The van der Waals surface area contributed by atoms with E-state index in [-0.39, 0.29) is 11.6 Å². The van der Waals surface area contributed by atoms with Crippen LogP contribution in [0.3, 0.4) is 0 Å². The van der Waals surface area contributed by atoms with Crippen LogP contribution in [-0.2, 0) is 4.79 Å². The molecule has 146 valence electrons. The summed E-state index contributed by atoms with van der Waals surface area (Å²) in [7, 11) is 0. The number of hydrogen-bond donors (Lipinski definition) is 4. The van der Waals surface area contributed by atoms with Crippen molar-refractivity contribution in [3.8, 4) is 0 Å². The first-order valence-corrected chi connectivity index (χ1v) is 9.73. The minimum absolute atomic E-state index is 0.141. The van der Waals surface area contributed by atoms with Crippen molar-refractivity contribution in [2.45, 2.75) is 32.2 Å². The molecule has 4 N–H and O–H groups in total. The van der Waals surface area contributed by atoms with Crippen molar-refractivity contribution in [3.63, 3.8) is 0 Å². The van der Waals surface area contributed by atoms with E-state index in [1.807, 2.05) is 19.1 Å². The largest absolute Gasteiger partial charge is 0.374 e. The van der Waals surface area contributed by atoms with E-state index >= 15 is 0 Å². The normalized spacial score (nSPS) is 15.4. The molecule has 1 aromatic heterocycles. The van der Waals surface area contributed by atoms with Crippen molar-refractivity contribution in [1.29, 1.82) is 0 Å². The zero-order valence-electron chi connectivity index (χ0n) is 15.9. The molecular weight excluding hydrogens is 354 g/mol. The number of anilines is 3. The van der Waals surface area contributed by atoms with Crippen LogP contribution in [0.1, 0.15) is 26.2 Å². The van der Waals surface area contributed by atoms with E-state index in [9.17, 15) is 9.59 Å². The van der Waals surface area contributed by atoms with Gasteiger partial charge in [-0.1, -0.05) is 0 Å². The molecule has 1 saturated heterocycles. The van der Waals surface area contributed by atoms with Gasteiger partial charge in [0.2, 0.25) is 5.91 Å². The SMILES string of the molecule is C[C@@H](Nc1ccc(N2CCCCC2)cc1)C(=O)Nc1ccc2[nH]c(=O)[nH]c2c1. The van der Waals surface area contributed by atoms with Crippen LogP contribution < -0.4 is 21.2 Å². The van der Waals surface area contributed by atoms with Crippen LogP contribution in [0.4, 0.5) is 17.1 Å². The Kier molecular flexibility index (Phi) is 5.06. The third-order valence-electron chi connectivity index (χ3n) is 5.15. The molecule has 0 unspecified atom stereocenters. The van der Waals surface area contributed by atoms with E-state index in [2.05, 4.69) is 37.6 Å². The minimum Gasteiger partial charge on any atom is -0.374 e. The second kappa shape index (κ2) is 7.80. The van der Waals surface area contributed by atoms with Gasteiger partial charge in [-0.3, -0.25) is 4.79 Å². The number of carbonyl (C=O) groups is 1. The van der Waals surface area contributed by atoms with E-state index in [1.54, 1.807) is 18.2 Å². The molecule has 0 spiro atoms. The molecule has 1 atom stereocenters. The quantitative estimate of drug-likeness (QED) is 0.547. The van der Waals surface area contributed by atoms with Crippen molar-refractivity contribution in [2.24, 2.45) is 0 Å². The Hall–Kier alpha value is -3.22. The molecule has 3 aromatic rings. The van der Waals surface area contributed by atoms with Gasteiger partial charge in [0.25, 0.3) is 0 Å². The highest BCUT2D eigenvalue weighted by molar-refractivity contribution is 5.97. The molecule has 28 heavy (non-hydrogen) atoms. The molecule has 4 rings (SSSR count). The minimum atomic E-state index is -0.401. The Labute approximate surface area is 163 Å². The first-order valence-electron chi connectivity index (χ1n) is 9.73. The molecular formula is C21H25N5O2. The highest BCUT2D eigenvalue weighted by Gasteiger charge is 2.14. The summed E-state index contributed by atoms with van der Waals surface area (Å²) in [6.07, 6.45) is 3.81. The maximum Gasteiger partial charge on any atom is 0.323 e. The van der Waals surface area contributed by atoms with E-state index in [0.29, 0.717) is 16.7 Å². The lowest BCUT2D eigenvalue weighted by Crippen LogP contribution is -2.32. The number of aromatic amines is 2. The first-order chi connectivity index (χ1) is 13.6. The van der Waals surface area contributed by atoms with Gasteiger partial charge in [-0.2, -0.15) is 0 Å². The summed E-state index contributed by atoms with van der Waals surface area (Å²) >= 11 is 0. The summed E-state index contributed by atoms with van der Waals surface area (Å²) in [4.78, 5) is 31.6. The monoisotopic (exact) mass is 379 g/mol. The summed E-state index contributed by atoms with van der Waals surface area (Å²) in [5.74, 6) is -0.141. The highest BCUT2D eigenvalue weighted by Crippen LogP contribution is 2.22. The highest BCUT2D eigenvalue weighted by atomic mass is 16.2. The van der Waals surface area contributed by atoms with Gasteiger partial charge in [-0.05, 0) is 68.7 Å². The van der Waals surface area contributed by atoms with Crippen LogP contribution in [0.15, 0.2) is 47.3 Å². The summed E-state index contributed by atoms with van der Waals surface area (Å²) in [5.41, 5.74) is 3.90. The van der Waals surface area contributed by atoms with E-state index in [0.717, 1.165) is 18.8 Å². The van der Waals surface area contributed by atoms with Crippen molar-refractivity contribution >= 4 is 34.0 Å². The van der Waals surface area contributed by atoms with Gasteiger partial charge in [0.15, 0.2) is 0 Å². The van der Waals surface area contributed by atoms with Gasteiger partial charge in [-0.25, -0.2) is 4.79 Å². The van der Waals surface area contributed by atoms with Crippen LogP contribution >= 0.6 is 0 Å². The molecule has 0 saturated carbocycles. The molecule has 2 aromatic carbocycles. The Bertz CT molecular complexity index is 1020. The third kappa shape index (κ3) is 4.03. The summed E-state index contributed by atoms with van der Waals surface area (Å²) in [6, 6.07) is 13.1. The Balaban J connectivity index is 1.37. The van der Waals surface area contributed by atoms with Gasteiger partial charge in [0.05, 0.1) is 11.0 Å². The van der Waals surface area contributed by atoms with Crippen LogP contribution in [0.25, 0.3) is 11.0 Å². The molecule has 2 heterocycles. The second-order valence-electron chi connectivity index (χ2n) is 7.29. The number of amides is 1. The van der Waals surface area contributed by atoms with Gasteiger partial charge >= 0.3 is 5.69 Å². The van der Waals surface area contributed by atoms with Gasteiger partial charge < -0.3 is 25.5 Å². The Morgan fingerprint density at radius 3 is 2.39 bits per heavy atom. The molecule has 0 aliphatic carbocycles. The van der Waals surface area contributed by atoms with E-state index in [4.69, 9.17) is 0 Å². The molecule has 1 amide bonds. The van der Waals surface area contributed by atoms with Crippen LogP contribution in [0, 0.1) is 0 Å². The van der Waals surface area contributed by atoms with Gasteiger partial charge in [0, 0.05) is 30.2 Å². The molecule has 7 heteroatoms. The average molecular weight is 379 g/mol. The lowest BCUT2D eigenvalue weighted by Gasteiger charge is -2.29. The number of hydrogen-bond acceptors (Lipinski definition) is 4. The number of rotatable bonds is 5. The summed E-state index contributed by atoms with van der Waals surface area (Å²) < 4.78 is 0. The first kappa shape index (κ1) is 18.2. The zero-order chi connectivity index (χ0) is 19.5. The van der Waals surface area contributed by atoms with Crippen LogP contribution in [-0.4, -0.2) is 35.0 Å². The number of nitrogens with one attached hydrogen (secondary N) is 4. The lowest BCUT2D eigenvalue weighted by molar-refractivity contribution is -0.116. The fourth-order valence-electron chi connectivity index (χ4n) is 3.60. The second-order valence-corrected chi connectivity index (χ2v) is 7.29. The van der Waals surface area contributed by atoms with Crippen LogP contribution in [0.2, 0.25) is 0 Å². The molecule has 1 fully saturated rings. The van der Waals surface area contributed by atoms with E-state index in [1.165, 1.54) is 24.9 Å². The Morgan fingerprint density at radius 1 is 0.964 bits per heavy atom. The number of fused-ring (bicyclic) bond motifs is 1. The zero-order valence-corrected chi connectivity index (χ0v) is 15.9. The number of aromatic nitrogens is 2. The summed E-state index contributed by atoms with van der Waals surface area (Å²) in [5, 5.41) is 6.12. The topological polar surface area (TPSA) is 93.0 Å². The van der Waals surface area contributed by atoms with Crippen molar-refractivity contribution in [3.05, 3.63) is 52.9 Å². The maximum absolute atomic E-state index is 12.5. The molecule has 0 bridgehead atoms. The molecule has 1 aliphatic heterocycles. The van der Waals surface area contributed by atoms with Crippen molar-refractivity contribution in [2.75, 3.05) is 28.6 Å².